The van der Waals surface area contributed by atoms with Crippen LogP contribution in [0.15, 0.2) is 30.5 Å². The first-order valence-corrected chi connectivity index (χ1v) is 8.44. The molecule has 0 radical (unpaired) electrons. The van der Waals surface area contributed by atoms with E-state index in [-0.39, 0.29) is 5.95 Å². The van der Waals surface area contributed by atoms with Gasteiger partial charge in [0.05, 0.1) is 11.8 Å². The third-order valence-corrected chi connectivity index (χ3v) is 4.01. The topological polar surface area (TPSA) is 38.2 Å². The Morgan fingerprint density at radius 2 is 1.92 bits per heavy atom. The van der Waals surface area contributed by atoms with Crippen molar-refractivity contribution in [3.05, 3.63) is 39.6 Å². The van der Waals surface area contributed by atoms with Crippen LogP contribution in [0, 0.1) is 3.57 Å². The summed E-state index contributed by atoms with van der Waals surface area (Å²) < 4.78 is 45.6. The van der Waals surface area contributed by atoms with Gasteiger partial charge in [-0.1, -0.05) is 12.1 Å². The van der Waals surface area contributed by atoms with Crippen LogP contribution in [0.3, 0.4) is 0 Å². The molecule has 0 saturated carbocycles. The maximum atomic E-state index is 13.1. The zero-order valence-electron chi connectivity index (χ0n) is 13.4. The van der Waals surface area contributed by atoms with Gasteiger partial charge in [-0.15, -0.1) is 0 Å². The number of benzene rings is 1. The first kappa shape index (κ1) is 18.8. The molecule has 0 aliphatic rings. The van der Waals surface area contributed by atoms with Crippen molar-refractivity contribution in [3.8, 4) is 5.88 Å². The van der Waals surface area contributed by atoms with E-state index in [4.69, 9.17) is 4.74 Å². The molecular weight excluding hydrogens is 434 g/mol. The third-order valence-electron chi connectivity index (χ3n) is 3.09. The minimum Gasteiger partial charge on any atom is -0.474 e. The molecule has 2 aromatic rings. The van der Waals surface area contributed by atoms with Gasteiger partial charge in [0.2, 0.25) is 11.8 Å². The van der Waals surface area contributed by atoms with Gasteiger partial charge in [0.25, 0.3) is 0 Å². The average Bonchev–Trinajstić information content (AvgIpc) is 2.48. The lowest BCUT2D eigenvalue weighted by molar-refractivity contribution is -0.139. The summed E-state index contributed by atoms with van der Waals surface area (Å²) in [5, 5.41) is 0. The van der Waals surface area contributed by atoms with Gasteiger partial charge in [0.15, 0.2) is 0 Å². The highest BCUT2D eigenvalue weighted by Gasteiger charge is 2.37. The van der Waals surface area contributed by atoms with Crippen LogP contribution in [-0.4, -0.2) is 22.6 Å². The summed E-state index contributed by atoms with van der Waals surface area (Å²) in [6.45, 7) is 5.69. The monoisotopic (exact) mass is 451 g/mol. The fourth-order valence-corrected chi connectivity index (χ4v) is 2.76. The predicted molar refractivity (Wildman–Crippen MR) is 94.6 cm³/mol. The normalized spacial score (nSPS) is 11.7. The number of para-hydroxylation sites is 1. The molecule has 0 N–H and O–H groups in total. The van der Waals surface area contributed by atoms with Crippen LogP contribution in [0.4, 0.5) is 24.8 Å². The summed E-state index contributed by atoms with van der Waals surface area (Å²) in [7, 11) is 0. The Morgan fingerprint density at radius 1 is 1.25 bits per heavy atom. The average molecular weight is 451 g/mol. The molecule has 2 rings (SSSR count). The molecule has 0 saturated heterocycles. The molecule has 24 heavy (non-hydrogen) atoms. The second-order valence-corrected chi connectivity index (χ2v) is 6.41. The van der Waals surface area contributed by atoms with Crippen LogP contribution in [0.5, 0.6) is 5.88 Å². The zero-order chi connectivity index (χ0) is 17.9. The lowest BCUT2D eigenvalue weighted by Gasteiger charge is -2.24. The van der Waals surface area contributed by atoms with Gasteiger partial charge < -0.3 is 9.64 Å². The van der Waals surface area contributed by atoms with Crippen molar-refractivity contribution >= 4 is 34.2 Å². The van der Waals surface area contributed by atoms with Crippen molar-refractivity contribution in [1.82, 2.24) is 9.97 Å². The summed E-state index contributed by atoms with van der Waals surface area (Å²) in [5.74, 6) is -0.280. The Morgan fingerprint density at radius 3 is 2.46 bits per heavy atom. The quantitative estimate of drug-likeness (QED) is 0.597. The van der Waals surface area contributed by atoms with Gasteiger partial charge >= 0.3 is 6.18 Å². The highest BCUT2D eigenvalue weighted by molar-refractivity contribution is 14.1. The molecule has 130 valence electrons. The molecule has 0 aliphatic heterocycles. The van der Waals surface area contributed by atoms with E-state index in [2.05, 4.69) is 32.6 Å². The number of alkyl halides is 3. The first-order chi connectivity index (χ1) is 11.2. The first-order valence-electron chi connectivity index (χ1n) is 7.37. The SMILES string of the molecule is CCN(c1ncc(C(F)(F)F)c(OC(C)C)n1)c1ccccc1I. The fraction of sp³-hybridized carbons (Fsp3) is 0.375. The van der Waals surface area contributed by atoms with Gasteiger partial charge in [-0.3, -0.25) is 0 Å². The van der Waals surface area contributed by atoms with Crippen LogP contribution < -0.4 is 9.64 Å². The molecule has 4 nitrogen and oxygen atoms in total. The van der Waals surface area contributed by atoms with Crippen LogP contribution in [-0.2, 0) is 6.18 Å². The fourth-order valence-electron chi connectivity index (χ4n) is 2.09. The molecule has 0 aliphatic carbocycles. The molecule has 0 amide bonds. The van der Waals surface area contributed by atoms with Crippen molar-refractivity contribution in [1.29, 1.82) is 0 Å². The molecule has 1 heterocycles. The van der Waals surface area contributed by atoms with Crippen molar-refractivity contribution in [3.63, 3.8) is 0 Å². The van der Waals surface area contributed by atoms with E-state index >= 15 is 0 Å². The van der Waals surface area contributed by atoms with Crippen LogP contribution >= 0.6 is 22.6 Å². The number of halogens is 4. The maximum absolute atomic E-state index is 13.1. The van der Waals surface area contributed by atoms with E-state index in [1.165, 1.54) is 0 Å². The Labute approximate surface area is 152 Å². The molecule has 0 unspecified atom stereocenters. The Hall–Kier alpha value is -1.58. The lowest BCUT2D eigenvalue weighted by Crippen LogP contribution is -2.22. The predicted octanol–water partition coefficient (Wildman–Crippen LogP) is 5.05. The van der Waals surface area contributed by atoms with E-state index in [0.717, 1.165) is 15.5 Å². The summed E-state index contributed by atoms with van der Waals surface area (Å²) >= 11 is 2.17. The largest absolute Gasteiger partial charge is 0.474 e. The molecular formula is C16H17F3IN3O. The molecule has 8 heteroatoms. The van der Waals surface area contributed by atoms with Crippen molar-refractivity contribution < 1.29 is 17.9 Å². The van der Waals surface area contributed by atoms with Gasteiger partial charge in [0, 0.05) is 16.3 Å². The lowest BCUT2D eigenvalue weighted by atomic mass is 10.3. The zero-order valence-corrected chi connectivity index (χ0v) is 15.6. The summed E-state index contributed by atoms with van der Waals surface area (Å²) in [5.41, 5.74) is -0.144. The van der Waals surface area contributed by atoms with E-state index in [0.29, 0.717) is 6.54 Å². The van der Waals surface area contributed by atoms with Crippen molar-refractivity contribution in [2.45, 2.75) is 33.1 Å². The minimum absolute atomic E-state index is 0.172. The number of nitrogens with zero attached hydrogens (tertiary/aromatic N) is 3. The van der Waals surface area contributed by atoms with Crippen LogP contribution in [0.2, 0.25) is 0 Å². The van der Waals surface area contributed by atoms with Gasteiger partial charge in [-0.25, -0.2) is 4.98 Å². The van der Waals surface area contributed by atoms with E-state index in [1.54, 1.807) is 18.7 Å². The molecule has 0 atom stereocenters. The van der Waals surface area contributed by atoms with Crippen molar-refractivity contribution in [2.75, 3.05) is 11.4 Å². The second kappa shape index (κ2) is 7.54. The maximum Gasteiger partial charge on any atom is 0.423 e. The number of anilines is 2. The van der Waals surface area contributed by atoms with Crippen molar-refractivity contribution in [2.24, 2.45) is 0 Å². The number of rotatable bonds is 5. The number of ether oxygens (including phenoxy) is 1. The third kappa shape index (κ3) is 4.28. The highest BCUT2D eigenvalue weighted by Crippen LogP contribution is 2.37. The molecule has 0 fully saturated rings. The minimum atomic E-state index is -4.57. The second-order valence-electron chi connectivity index (χ2n) is 5.25. The standard InChI is InChI=1S/C16H17F3IN3O/c1-4-23(13-8-6-5-7-12(13)20)15-21-9-11(16(17,18)19)14(22-15)24-10(2)3/h5-10H,4H2,1-3H3. The number of aromatic nitrogens is 2. The highest BCUT2D eigenvalue weighted by atomic mass is 127. The smallest absolute Gasteiger partial charge is 0.423 e. The van der Waals surface area contributed by atoms with Gasteiger partial charge in [0.1, 0.15) is 5.56 Å². The van der Waals surface area contributed by atoms with Gasteiger partial charge in [-0.2, -0.15) is 18.2 Å². The van der Waals surface area contributed by atoms with E-state index in [9.17, 15) is 13.2 Å². The Kier molecular flexibility index (Phi) is 5.89. The summed E-state index contributed by atoms with van der Waals surface area (Å²) in [4.78, 5) is 9.70. The Balaban J connectivity index is 2.52. The summed E-state index contributed by atoms with van der Waals surface area (Å²) in [6.07, 6.45) is -4.22. The molecule has 0 spiro atoms. The van der Waals surface area contributed by atoms with Crippen LogP contribution in [0.25, 0.3) is 0 Å². The molecule has 1 aromatic heterocycles. The Bertz CT molecular complexity index is 707. The summed E-state index contributed by atoms with van der Waals surface area (Å²) in [6, 6.07) is 7.53. The number of hydrogen-bond donors (Lipinski definition) is 0. The molecule has 0 bridgehead atoms. The van der Waals surface area contributed by atoms with E-state index < -0.39 is 23.7 Å². The van der Waals surface area contributed by atoms with Crippen LogP contribution in [0.1, 0.15) is 26.3 Å². The number of hydrogen-bond acceptors (Lipinski definition) is 4. The van der Waals surface area contributed by atoms with Gasteiger partial charge in [-0.05, 0) is 55.5 Å². The molecule has 1 aromatic carbocycles. The van der Waals surface area contributed by atoms with E-state index in [1.807, 2.05) is 31.2 Å².